The van der Waals surface area contributed by atoms with E-state index in [4.69, 9.17) is 17.2 Å². The number of carboxylic acids is 1. The molecule has 0 aliphatic rings. The number of nitrogens with two attached hydrogens (primary N) is 3. The number of hydrogen-bond acceptors (Lipinski definition) is 8. The molecule has 0 radical (unpaired) electrons. The molecule has 15 nitrogen and oxygen atoms in total. The molecular weight excluding hydrogens is 476 g/mol. The third-order valence-electron chi connectivity index (χ3n) is 5.01. The predicted molar refractivity (Wildman–Crippen MR) is 125 cm³/mol. The van der Waals surface area contributed by atoms with Crippen LogP contribution in [0.4, 0.5) is 0 Å². The fourth-order valence-corrected chi connectivity index (χ4v) is 3.18. The summed E-state index contributed by atoms with van der Waals surface area (Å²) in [6, 6.07) is -5.14. The number of nitrogens with one attached hydrogen (secondary N) is 4. The van der Waals surface area contributed by atoms with Gasteiger partial charge in [-0.15, -0.1) is 0 Å². The number of aromatic nitrogens is 2. The van der Waals surface area contributed by atoms with E-state index in [0.717, 1.165) is 0 Å². The zero-order chi connectivity index (χ0) is 27.4. The molecule has 0 aromatic carbocycles. The number of nitrogens with zero attached hydrogens (tertiary/aromatic N) is 1. The van der Waals surface area contributed by atoms with Crippen molar-refractivity contribution in [3.05, 3.63) is 18.2 Å². The molecular formula is C21H34N8O7. The molecule has 1 rings (SSSR count). The van der Waals surface area contributed by atoms with Crippen molar-refractivity contribution in [1.29, 1.82) is 0 Å². The van der Waals surface area contributed by atoms with Gasteiger partial charge in [-0.3, -0.25) is 24.0 Å². The van der Waals surface area contributed by atoms with E-state index in [9.17, 15) is 33.9 Å². The van der Waals surface area contributed by atoms with Gasteiger partial charge in [0, 0.05) is 24.7 Å². The second kappa shape index (κ2) is 14.4. The summed E-state index contributed by atoms with van der Waals surface area (Å²) in [5.74, 6) is -5.45. The van der Waals surface area contributed by atoms with Crippen molar-refractivity contribution in [2.45, 2.75) is 70.1 Å². The molecule has 0 bridgehead atoms. The molecule has 0 spiro atoms. The van der Waals surface area contributed by atoms with Gasteiger partial charge in [-0.05, 0) is 18.8 Å². The number of imidazole rings is 1. The molecule has 0 aliphatic carbocycles. The number of aliphatic carboxylic acids is 1. The number of rotatable bonds is 16. The Morgan fingerprint density at radius 2 is 1.53 bits per heavy atom. The number of H-pyrrole nitrogens is 1. The highest BCUT2D eigenvalue weighted by Gasteiger charge is 2.31. The van der Waals surface area contributed by atoms with Crippen LogP contribution in [0.25, 0.3) is 0 Å². The fourth-order valence-electron chi connectivity index (χ4n) is 3.18. The highest BCUT2D eigenvalue weighted by atomic mass is 16.4. The van der Waals surface area contributed by atoms with Gasteiger partial charge in [0.05, 0.1) is 18.8 Å². The number of carbonyl (C=O) groups is 6. The first-order valence-corrected chi connectivity index (χ1v) is 11.2. The van der Waals surface area contributed by atoms with E-state index in [1.807, 2.05) is 0 Å². The zero-order valence-electron chi connectivity index (χ0n) is 20.2. The normalized spacial score (nSPS) is 14.2. The van der Waals surface area contributed by atoms with Gasteiger partial charge in [0.1, 0.15) is 18.1 Å². The number of amides is 5. The SMILES string of the molecule is CC(C)CC(NC(=O)C(N)CCC(N)=O)C(=O)NC(CC(N)=O)C(=O)NC(Cc1cnc[nH]1)C(=O)O. The van der Waals surface area contributed by atoms with Crippen molar-refractivity contribution in [2.24, 2.45) is 23.1 Å². The number of hydrogen-bond donors (Lipinski definition) is 8. The van der Waals surface area contributed by atoms with Gasteiger partial charge >= 0.3 is 5.97 Å². The smallest absolute Gasteiger partial charge is 0.326 e. The Morgan fingerprint density at radius 1 is 0.944 bits per heavy atom. The molecule has 1 aromatic rings. The summed E-state index contributed by atoms with van der Waals surface area (Å²) in [6.45, 7) is 3.58. The highest BCUT2D eigenvalue weighted by Crippen LogP contribution is 2.08. The Labute approximate surface area is 207 Å². The minimum atomic E-state index is -1.51. The molecule has 0 fully saturated rings. The maximum Gasteiger partial charge on any atom is 0.326 e. The van der Waals surface area contributed by atoms with Crippen molar-refractivity contribution in [3.8, 4) is 0 Å². The molecule has 1 heterocycles. The van der Waals surface area contributed by atoms with Crippen molar-refractivity contribution >= 4 is 35.5 Å². The van der Waals surface area contributed by atoms with E-state index in [1.165, 1.54) is 12.5 Å². The molecule has 200 valence electrons. The van der Waals surface area contributed by atoms with Crippen LogP contribution in [0.2, 0.25) is 0 Å². The van der Waals surface area contributed by atoms with Crippen LogP contribution >= 0.6 is 0 Å². The summed E-state index contributed by atoms with van der Waals surface area (Å²) < 4.78 is 0. The number of carbonyl (C=O) groups excluding carboxylic acids is 5. The lowest BCUT2D eigenvalue weighted by Crippen LogP contribution is -2.58. The van der Waals surface area contributed by atoms with Gasteiger partial charge in [-0.1, -0.05) is 13.8 Å². The first-order valence-electron chi connectivity index (χ1n) is 11.2. The van der Waals surface area contributed by atoms with E-state index in [0.29, 0.717) is 5.69 Å². The fraction of sp³-hybridized carbons (Fsp3) is 0.571. The van der Waals surface area contributed by atoms with Crippen molar-refractivity contribution in [3.63, 3.8) is 0 Å². The minimum Gasteiger partial charge on any atom is -0.480 e. The maximum absolute atomic E-state index is 13.0. The van der Waals surface area contributed by atoms with Crippen molar-refractivity contribution in [1.82, 2.24) is 25.9 Å². The third kappa shape index (κ3) is 10.9. The van der Waals surface area contributed by atoms with Crippen LogP contribution in [-0.2, 0) is 35.2 Å². The summed E-state index contributed by atoms with van der Waals surface area (Å²) in [7, 11) is 0. The maximum atomic E-state index is 13.0. The Morgan fingerprint density at radius 3 is 2.03 bits per heavy atom. The van der Waals surface area contributed by atoms with Gasteiger partial charge in [0.15, 0.2) is 0 Å². The largest absolute Gasteiger partial charge is 0.480 e. The summed E-state index contributed by atoms with van der Waals surface area (Å²) in [5, 5.41) is 16.6. The van der Waals surface area contributed by atoms with E-state index in [-0.39, 0.29) is 31.6 Å². The second-order valence-electron chi connectivity index (χ2n) is 8.71. The van der Waals surface area contributed by atoms with E-state index in [1.54, 1.807) is 13.8 Å². The van der Waals surface area contributed by atoms with Crippen molar-refractivity contribution < 1.29 is 33.9 Å². The van der Waals surface area contributed by atoms with Crippen LogP contribution in [0.5, 0.6) is 0 Å². The summed E-state index contributed by atoms with van der Waals surface area (Å²) in [4.78, 5) is 78.8. The molecule has 0 saturated heterocycles. The van der Waals surface area contributed by atoms with Gasteiger partial charge in [-0.2, -0.15) is 0 Å². The third-order valence-corrected chi connectivity index (χ3v) is 5.01. The monoisotopic (exact) mass is 510 g/mol. The average molecular weight is 511 g/mol. The lowest BCUT2D eigenvalue weighted by Gasteiger charge is -2.25. The molecule has 4 atom stereocenters. The van der Waals surface area contributed by atoms with Crippen LogP contribution in [0.3, 0.4) is 0 Å². The molecule has 4 unspecified atom stereocenters. The van der Waals surface area contributed by atoms with Gasteiger partial charge in [-0.25, -0.2) is 9.78 Å². The van der Waals surface area contributed by atoms with Crippen LogP contribution < -0.4 is 33.2 Å². The quantitative estimate of drug-likeness (QED) is 0.112. The van der Waals surface area contributed by atoms with Crippen LogP contribution in [0.1, 0.15) is 45.2 Å². The van der Waals surface area contributed by atoms with Gasteiger partial charge in [0.25, 0.3) is 0 Å². The Bertz CT molecular complexity index is 935. The van der Waals surface area contributed by atoms with Crippen LogP contribution in [0.15, 0.2) is 12.5 Å². The average Bonchev–Trinajstić information content (AvgIpc) is 3.28. The standard InChI is InChI=1S/C21H34N8O7/c1-10(2)5-13(27-18(32)12(22)3-4-16(23)30)19(33)28-14(7-17(24)31)20(34)29-15(21(35)36)6-11-8-25-9-26-11/h8-10,12-15H,3-7,22H2,1-2H3,(H2,23,30)(H2,24,31)(H,25,26)(H,27,32)(H,28,33)(H,29,34)(H,35,36). The molecule has 11 N–H and O–H groups in total. The molecule has 15 heteroatoms. The number of aromatic amines is 1. The van der Waals surface area contributed by atoms with E-state index >= 15 is 0 Å². The molecule has 0 saturated carbocycles. The van der Waals surface area contributed by atoms with Crippen LogP contribution in [0, 0.1) is 5.92 Å². The van der Waals surface area contributed by atoms with Gasteiger partial charge < -0.3 is 43.2 Å². The Kier molecular flexibility index (Phi) is 12.0. The first kappa shape index (κ1) is 30.0. The number of carboxylic acid groups (broad SMARTS) is 1. The van der Waals surface area contributed by atoms with Gasteiger partial charge in [0.2, 0.25) is 29.5 Å². The zero-order valence-corrected chi connectivity index (χ0v) is 20.2. The second-order valence-corrected chi connectivity index (χ2v) is 8.71. The number of primary amides is 2. The minimum absolute atomic E-state index is 0.0310. The van der Waals surface area contributed by atoms with Crippen molar-refractivity contribution in [2.75, 3.05) is 0 Å². The lowest BCUT2D eigenvalue weighted by atomic mass is 10.0. The molecule has 5 amide bonds. The molecule has 36 heavy (non-hydrogen) atoms. The predicted octanol–water partition coefficient (Wildman–Crippen LogP) is -2.99. The Hall–Kier alpha value is -4.01. The first-order chi connectivity index (χ1) is 16.8. The summed E-state index contributed by atoms with van der Waals surface area (Å²) >= 11 is 0. The lowest BCUT2D eigenvalue weighted by molar-refractivity contribution is -0.142. The highest BCUT2D eigenvalue weighted by molar-refractivity contribution is 5.96. The summed E-state index contributed by atoms with van der Waals surface area (Å²) in [5.41, 5.74) is 16.5. The van der Waals surface area contributed by atoms with E-state index < -0.39 is 66.1 Å². The molecule has 1 aromatic heterocycles. The summed E-state index contributed by atoms with van der Waals surface area (Å²) in [6.07, 6.45) is 1.98. The van der Waals surface area contributed by atoms with E-state index in [2.05, 4.69) is 25.9 Å². The topological polar surface area (TPSA) is 265 Å². The van der Waals surface area contributed by atoms with Crippen LogP contribution in [-0.4, -0.2) is 74.7 Å². The molecule has 0 aliphatic heterocycles. The Balaban J connectivity index is 2.97.